The van der Waals surface area contributed by atoms with Crippen LogP contribution >= 0.6 is 0 Å². The number of aryl methyl sites for hydroxylation is 1. The molecule has 34 heavy (non-hydrogen) atoms. The van der Waals surface area contributed by atoms with Crippen LogP contribution in [0.5, 0.6) is 0 Å². The predicted molar refractivity (Wildman–Crippen MR) is 132 cm³/mol. The first-order valence-electron chi connectivity index (χ1n) is 11.6. The zero-order valence-electron chi connectivity index (χ0n) is 19.6. The normalized spacial score (nSPS) is 16.4. The Labute approximate surface area is 197 Å². The van der Waals surface area contributed by atoms with E-state index in [-0.39, 0.29) is 6.54 Å². The second-order valence-corrected chi connectivity index (χ2v) is 9.14. The van der Waals surface area contributed by atoms with E-state index in [2.05, 4.69) is 57.2 Å². The topological polar surface area (TPSA) is 88.5 Å². The molecule has 1 unspecified atom stereocenters. The van der Waals surface area contributed by atoms with Crippen LogP contribution in [0.1, 0.15) is 5.56 Å². The maximum absolute atomic E-state index is 12.6. The van der Waals surface area contributed by atoms with Crippen LogP contribution in [0.4, 0.5) is 0 Å². The average molecular weight is 463 g/mol. The number of rotatable bonds is 6. The van der Waals surface area contributed by atoms with Gasteiger partial charge >= 0.3 is 5.69 Å². The van der Waals surface area contributed by atoms with Gasteiger partial charge in [0.05, 0.1) is 19.0 Å². The Morgan fingerprint density at radius 2 is 1.62 bits per heavy atom. The van der Waals surface area contributed by atoms with E-state index >= 15 is 0 Å². The summed E-state index contributed by atoms with van der Waals surface area (Å²) in [6.07, 6.45) is 0.876. The molecule has 0 spiro atoms. The highest BCUT2D eigenvalue weighted by atomic mass is 16.3. The fourth-order valence-corrected chi connectivity index (χ4v) is 4.92. The maximum atomic E-state index is 12.6. The van der Waals surface area contributed by atoms with Crippen molar-refractivity contribution in [1.29, 1.82) is 0 Å². The van der Waals surface area contributed by atoms with E-state index in [4.69, 9.17) is 0 Å². The number of benzene rings is 2. The van der Waals surface area contributed by atoms with Gasteiger partial charge in [-0.2, -0.15) is 0 Å². The van der Waals surface area contributed by atoms with Gasteiger partial charge in [0, 0.05) is 53.4 Å². The van der Waals surface area contributed by atoms with Crippen LogP contribution in [0.15, 0.2) is 58.4 Å². The molecule has 2 aromatic heterocycles. The molecule has 4 aromatic rings. The minimum absolute atomic E-state index is 0.250. The van der Waals surface area contributed by atoms with Crippen LogP contribution < -0.4 is 11.2 Å². The molecule has 0 saturated carbocycles. The van der Waals surface area contributed by atoms with Gasteiger partial charge < -0.3 is 9.67 Å². The van der Waals surface area contributed by atoms with Crippen LogP contribution in [-0.2, 0) is 27.2 Å². The molecule has 1 fully saturated rings. The van der Waals surface area contributed by atoms with Gasteiger partial charge in [0.15, 0.2) is 11.2 Å². The molecular weight excluding hydrogens is 432 g/mol. The van der Waals surface area contributed by atoms with Crippen molar-refractivity contribution in [2.45, 2.75) is 19.2 Å². The van der Waals surface area contributed by atoms with Crippen LogP contribution in [0.2, 0.25) is 0 Å². The van der Waals surface area contributed by atoms with Gasteiger partial charge in [-0.15, -0.1) is 0 Å². The van der Waals surface area contributed by atoms with Crippen LogP contribution in [0.25, 0.3) is 21.9 Å². The molecule has 178 valence electrons. The van der Waals surface area contributed by atoms with Crippen molar-refractivity contribution in [3.63, 3.8) is 0 Å². The third-order valence-corrected chi connectivity index (χ3v) is 6.83. The number of piperazine rings is 1. The highest BCUT2D eigenvalue weighted by Gasteiger charge is 2.21. The molecule has 0 bridgehead atoms. The van der Waals surface area contributed by atoms with E-state index in [1.165, 1.54) is 34.3 Å². The van der Waals surface area contributed by atoms with Crippen LogP contribution in [0, 0.1) is 0 Å². The Hall–Kier alpha value is -3.27. The van der Waals surface area contributed by atoms with E-state index < -0.39 is 17.4 Å². The molecule has 3 heterocycles. The Balaban J connectivity index is 1.20. The Morgan fingerprint density at radius 3 is 2.41 bits per heavy atom. The number of imidazole rings is 1. The Morgan fingerprint density at radius 1 is 0.912 bits per heavy atom. The van der Waals surface area contributed by atoms with Crippen molar-refractivity contribution in [2.75, 3.05) is 32.7 Å². The smallest absolute Gasteiger partial charge is 0.332 e. The summed E-state index contributed by atoms with van der Waals surface area (Å²) in [4.78, 5) is 33.7. The number of aliphatic hydroxyl groups is 1. The third kappa shape index (κ3) is 4.18. The second-order valence-electron chi connectivity index (χ2n) is 9.14. The molecule has 1 saturated heterocycles. The largest absolute Gasteiger partial charge is 0.390 e. The first-order valence-corrected chi connectivity index (χ1v) is 11.6. The van der Waals surface area contributed by atoms with Crippen LogP contribution in [-0.4, -0.2) is 72.4 Å². The summed E-state index contributed by atoms with van der Waals surface area (Å²) in [6, 6.07) is 15.0. The van der Waals surface area contributed by atoms with Crippen molar-refractivity contribution >= 4 is 21.9 Å². The van der Waals surface area contributed by atoms with Gasteiger partial charge in [0.1, 0.15) is 0 Å². The average Bonchev–Trinajstić information content (AvgIpc) is 3.26. The lowest BCUT2D eigenvalue weighted by Crippen LogP contribution is -2.48. The number of nitrogens with zero attached hydrogens (tertiary/aromatic N) is 6. The summed E-state index contributed by atoms with van der Waals surface area (Å²) in [5, 5.41) is 13.3. The Kier molecular flexibility index (Phi) is 6.07. The van der Waals surface area contributed by atoms with Crippen molar-refractivity contribution in [3.05, 3.63) is 75.2 Å². The van der Waals surface area contributed by atoms with E-state index in [9.17, 15) is 14.7 Å². The zero-order chi connectivity index (χ0) is 23.8. The van der Waals surface area contributed by atoms with E-state index in [0.717, 1.165) is 37.3 Å². The molecule has 5 rings (SSSR count). The van der Waals surface area contributed by atoms with E-state index in [1.807, 2.05) is 0 Å². The highest BCUT2D eigenvalue weighted by molar-refractivity contribution is 5.85. The second kappa shape index (κ2) is 9.17. The fraction of sp³-hybridized carbons (Fsp3) is 0.400. The minimum atomic E-state index is -0.649. The van der Waals surface area contributed by atoms with Crippen molar-refractivity contribution < 1.29 is 5.11 Å². The van der Waals surface area contributed by atoms with Gasteiger partial charge in [-0.1, -0.05) is 42.5 Å². The van der Waals surface area contributed by atoms with Crippen molar-refractivity contribution in [1.82, 2.24) is 28.5 Å². The zero-order valence-corrected chi connectivity index (χ0v) is 19.6. The number of aliphatic hydroxyl groups excluding tert-OH is 1. The van der Waals surface area contributed by atoms with E-state index in [1.54, 1.807) is 11.6 Å². The summed E-state index contributed by atoms with van der Waals surface area (Å²) in [5.74, 6) is 0. The lowest BCUT2D eigenvalue weighted by molar-refractivity contribution is 0.0629. The van der Waals surface area contributed by atoms with Gasteiger partial charge in [-0.05, 0) is 16.3 Å². The predicted octanol–water partition coefficient (Wildman–Crippen LogP) is 0.766. The summed E-state index contributed by atoms with van der Waals surface area (Å²) in [5.41, 5.74) is 1.20. The number of fused-ring (bicyclic) bond motifs is 2. The number of β-amino-alcohol motifs (C(OH)–C–C–N with tert-alkyl or cyclic N) is 1. The number of hydrogen-bond donors (Lipinski definition) is 1. The van der Waals surface area contributed by atoms with Crippen molar-refractivity contribution in [3.8, 4) is 0 Å². The standard InChI is InChI=1S/C25H30N6O3/c1-27-23-22(24(33)28(2)25(27)34)31(17-26-23)16-20(32)15-30-12-10-29(11-13-30)14-19-8-5-7-18-6-3-4-9-21(18)19/h3-9,17,20,32H,10-16H2,1-2H3. The molecular formula is C25H30N6O3. The monoisotopic (exact) mass is 462 g/mol. The highest BCUT2D eigenvalue weighted by Crippen LogP contribution is 2.20. The minimum Gasteiger partial charge on any atom is -0.390 e. The maximum Gasteiger partial charge on any atom is 0.332 e. The van der Waals surface area contributed by atoms with Gasteiger partial charge in [0.2, 0.25) is 0 Å². The molecule has 0 aliphatic carbocycles. The fourth-order valence-electron chi connectivity index (χ4n) is 4.92. The first-order chi connectivity index (χ1) is 16.4. The lowest BCUT2D eigenvalue weighted by Gasteiger charge is -2.35. The molecule has 0 radical (unpaired) electrons. The molecule has 0 amide bonds. The van der Waals surface area contributed by atoms with E-state index in [0.29, 0.717) is 17.7 Å². The van der Waals surface area contributed by atoms with Gasteiger partial charge in [-0.25, -0.2) is 9.78 Å². The first kappa shape index (κ1) is 22.5. The summed E-state index contributed by atoms with van der Waals surface area (Å²) < 4.78 is 4.08. The lowest BCUT2D eigenvalue weighted by atomic mass is 10.0. The Bertz CT molecular complexity index is 1440. The third-order valence-electron chi connectivity index (χ3n) is 6.83. The summed E-state index contributed by atoms with van der Waals surface area (Å²) in [7, 11) is 3.05. The van der Waals surface area contributed by atoms with Crippen molar-refractivity contribution in [2.24, 2.45) is 14.1 Å². The quantitative estimate of drug-likeness (QED) is 0.455. The molecule has 9 heteroatoms. The van der Waals surface area contributed by atoms with Crippen LogP contribution in [0.3, 0.4) is 0 Å². The SMILES string of the molecule is Cn1c(=O)c2c(ncn2CC(O)CN2CCN(Cc3cccc4ccccc34)CC2)n(C)c1=O. The molecule has 1 N–H and O–H groups in total. The summed E-state index contributed by atoms with van der Waals surface area (Å²) in [6.45, 7) is 5.32. The van der Waals surface area contributed by atoms with Gasteiger partial charge in [-0.3, -0.25) is 23.7 Å². The molecule has 1 aliphatic rings. The molecule has 1 aliphatic heterocycles. The number of hydrogen-bond acceptors (Lipinski definition) is 6. The molecule has 2 aromatic carbocycles. The molecule has 1 atom stereocenters. The number of aromatic nitrogens is 4. The summed E-state index contributed by atoms with van der Waals surface area (Å²) >= 11 is 0. The molecule has 9 nitrogen and oxygen atoms in total. The van der Waals surface area contributed by atoms with Gasteiger partial charge in [0.25, 0.3) is 5.56 Å².